The summed E-state index contributed by atoms with van der Waals surface area (Å²) < 4.78 is 5.54. The fourth-order valence-corrected chi connectivity index (χ4v) is 2.57. The minimum Gasteiger partial charge on any atom is -0.483 e. The molecule has 0 radical (unpaired) electrons. The van der Waals surface area contributed by atoms with Gasteiger partial charge in [0.1, 0.15) is 5.75 Å². The van der Waals surface area contributed by atoms with Crippen LogP contribution in [0.3, 0.4) is 0 Å². The summed E-state index contributed by atoms with van der Waals surface area (Å²) in [6.07, 6.45) is 0. The lowest BCUT2D eigenvalue weighted by atomic mass is 10.0. The van der Waals surface area contributed by atoms with Gasteiger partial charge in [-0.15, -0.1) is 0 Å². The quantitative estimate of drug-likeness (QED) is 0.720. The molecule has 0 unspecified atom stereocenters. The van der Waals surface area contributed by atoms with Crippen molar-refractivity contribution in [3.63, 3.8) is 0 Å². The number of carbonyl (C=O) groups excluding carboxylic acids is 1. The molecule has 4 heteroatoms. The Morgan fingerprint density at radius 2 is 1.56 bits per heavy atom. The summed E-state index contributed by atoms with van der Waals surface area (Å²) in [5.74, 6) is 0.257. The van der Waals surface area contributed by atoms with E-state index in [1.165, 1.54) is 0 Å². The molecule has 25 heavy (non-hydrogen) atoms. The van der Waals surface area contributed by atoms with Crippen molar-refractivity contribution in [2.24, 2.45) is 0 Å². The number of nitrogens with one attached hydrogen (secondary N) is 1. The number of carbonyl (C=O) groups is 1. The molecule has 0 spiro atoms. The highest BCUT2D eigenvalue weighted by atomic mass is 16.5. The Hall–Kier alpha value is -3.11. The van der Waals surface area contributed by atoms with Crippen LogP contribution in [0.5, 0.6) is 5.75 Å². The fraction of sp³-hybridized carbons (Fsp3) is 0.0952. The van der Waals surface area contributed by atoms with Crippen molar-refractivity contribution in [1.82, 2.24) is 0 Å². The number of rotatable bonds is 6. The first-order valence-electron chi connectivity index (χ1n) is 8.04. The van der Waals surface area contributed by atoms with Crippen LogP contribution in [0.4, 0.5) is 5.69 Å². The summed E-state index contributed by atoms with van der Waals surface area (Å²) in [6, 6.07) is 24.6. The van der Waals surface area contributed by atoms with E-state index in [9.17, 15) is 9.90 Å². The maximum Gasteiger partial charge on any atom is 0.262 e. The van der Waals surface area contributed by atoms with Crippen molar-refractivity contribution in [1.29, 1.82) is 0 Å². The maximum atomic E-state index is 12.3. The van der Waals surface area contributed by atoms with Crippen LogP contribution < -0.4 is 10.1 Å². The van der Waals surface area contributed by atoms with Gasteiger partial charge in [-0.3, -0.25) is 4.79 Å². The average Bonchev–Trinajstić information content (AvgIpc) is 2.67. The Morgan fingerprint density at radius 3 is 2.36 bits per heavy atom. The molecule has 0 aliphatic carbocycles. The molecule has 0 heterocycles. The first-order chi connectivity index (χ1) is 12.3. The predicted molar refractivity (Wildman–Crippen MR) is 98.4 cm³/mol. The highest BCUT2D eigenvalue weighted by Gasteiger charge is 2.10. The van der Waals surface area contributed by atoms with Gasteiger partial charge in [0.2, 0.25) is 0 Å². The van der Waals surface area contributed by atoms with E-state index in [4.69, 9.17) is 4.74 Å². The van der Waals surface area contributed by atoms with Crippen LogP contribution in [-0.2, 0) is 11.4 Å². The van der Waals surface area contributed by atoms with E-state index >= 15 is 0 Å². The van der Waals surface area contributed by atoms with Crippen molar-refractivity contribution in [3.05, 3.63) is 84.4 Å². The zero-order chi connectivity index (χ0) is 17.5. The first-order valence-corrected chi connectivity index (χ1v) is 8.04. The molecule has 0 atom stereocenters. The molecular formula is C21H19NO3. The van der Waals surface area contributed by atoms with E-state index in [1.54, 1.807) is 18.2 Å². The second-order valence-corrected chi connectivity index (χ2v) is 5.51. The fourth-order valence-electron chi connectivity index (χ4n) is 2.57. The molecule has 0 bridgehead atoms. The van der Waals surface area contributed by atoms with Gasteiger partial charge in [-0.05, 0) is 17.7 Å². The molecule has 4 nitrogen and oxygen atoms in total. The zero-order valence-electron chi connectivity index (χ0n) is 13.7. The second kappa shape index (κ2) is 8.13. The summed E-state index contributed by atoms with van der Waals surface area (Å²) >= 11 is 0. The van der Waals surface area contributed by atoms with E-state index in [-0.39, 0.29) is 19.1 Å². The SMILES string of the molecule is O=C(COc1ccccc1CO)Nc1ccccc1-c1ccccc1. The molecule has 1 amide bonds. The molecule has 0 aliphatic heterocycles. The van der Waals surface area contributed by atoms with Crippen LogP contribution in [0.2, 0.25) is 0 Å². The van der Waals surface area contributed by atoms with Crippen LogP contribution in [0.25, 0.3) is 11.1 Å². The Morgan fingerprint density at radius 1 is 0.880 bits per heavy atom. The number of anilines is 1. The lowest BCUT2D eigenvalue weighted by Crippen LogP contribution is -2.20. The second-order valence-electron chi connectivity index (χ2n) is 5.51. The Labute approximate surface area is 146 Å². The van der Waals surface area contributed by atoms with Gasteiger partial charge in [-0.2, -0.15) is 0 Å². The molecule has 2 N–H and O–H groups in total. The molecule has 0 aromatic heterocycles. The number of aliphatic hydroxyl groups is 1. The van der Waals surface area contributed by atoms with Crippen LogP contribution >= 0.6 is 0 Å². The van der Waals surface area contributed by atoms with Crippen LogP contribution in [-0.4, -0.2) is 17.6 Å². The number of hydrogen-bond acceptors (Lipinski definition) is 3. The highest BCUT2D eigenvalue weighted by Crippen LogP contribution is 2.27. The predicted octanol–water partition coefficient (Wildman–Crippen LogP) is 3.86. The zero-order valence-corrected chi connectivity index (χ0v) is 13.7. The minimum absolute atomic E-state index is 0.125. The van der Waals surface area contributed by atoms with Crippen molar-refractivity contribution in [2.45, 2.75) is 6.61 Å². The number of para-hydroxylation sites is 2. The van der Waals surface area contributed by atoms with E-state index in [1.807, 2.05) is 60.7 Å². The monoisotopic (exact) mass is 333 g/mol. The Kier molecular flexibility index (Phi) is 5.44. The molecule has 3 aromatic rings. The third-order valence-corrected chi connectivity index (χ3v) is 3.79. The lowest BCUT2D eigenvalue weighted by Gasteiger charge is -2.13. The van der Waals surface area contributed by atoms with Gasteiger partial charge in [0.15, 0.2) is 6.61 Å². The van der Waals surface area contributed by atoms with Crippen LogP contribution in [0.15, 0.2) is 78.9 Å². The van der Waals surface area contributed by atoms with Crippen LogP contribution in [0.1, 0.15) is 5.56 Å². The van der Waals surface area contributed by atoms with Crippen molar-refractivity contribution >= 4 is 11.6 Å². The molecule has 3 aromatic carbocycles. The van der Waals surface area contributed by atoms with Crippen molar-refractivity contribution in [2.75, 3.05) is 11.9 Å². The summed E-state index contributed by atoms with van der Waals surface area (Å²) in [4.78, 5) is 12.3. The Balaban J connectivity index is 1.70. The molecule has 126 valence electrons. The van der Waals surface area contributed by atoms with Gasteiger partial charge >= 0.3 is 0 Å². The molecule has 3 rings (SSSR count). The summed E-state index contributed by atoms with van der Waals surface area (Å²) in [5.41, 5.74) is 3.37. The number of benzene rings is 3. The van der Waals surface area contributed by atoms with Crippen molar-refractivity contribution in [3.8, 4) is 16.9 Å². The topological polar surface area (TPSA) is 58.6 Å². The third kappa shape index (κ3) is 4.25. The van der Waals surface area contributed by atoms with E-state index in [2.05, 4.69) is 5.32 Å². The van der Waals surface area contributed by atoms with Gasteiger partial charge in [-0.25, -0.2) is 0 Å². The van der Waals surface area contributed by atoms with E-state index in [0.29, 0.717) is 11.3 Å². The third-order valence-electron chi connectivity index (χ3n) is 3.79. The van der Waals surface area contributed by atoms with Gasteiger partial charge in [0, 0.05) is 16.8 Å². The van der Waals surface area contributed by atoms with E-state index in [0.717, 1.165) is 16.8 Å². The molecule has 0 saturated heterocycles. The standard InChI is InChI=1S/C21H19NO3/c23-14-17-10-4-7-13-20(17)25-15-21(24)22-19-12-6-5-11-18(19)16-8-2-1-3-9-16/h1-13,23H,14-15H2,(H,22,24). The molecule has 0 fully saturated rings. The van der Waals surface area contributed by atoms with Gasteiger partial charge < -0.3 is 15.2 Å². The molecule has 0 saturated carbocycles. The summed E-state index contributed by atoms with van der Waals surface area (Å²) in [6.45, 7) is -0.255. The van der Waals surface area contributed by atoms with Gasteiger partial charge in [0.05, 0.1) is 6.61 Å². The number of aliphatic hydroxyl groups excluding tert-OH is 1. The number of amides is 1. The smallest absolute Gasteiger partial charge is 0.262 e. The lowest BCUT2D eigenvalue weighted by molar-refractivity contribution is -0.118. The Bertz CT molecular complexity index is 847. The normalized spacial score (nSPS) is 10.3. The maximum absolute atomic E-state index is 12.3. The number of hydrogen-bond donors (Lipinski definition) is 2. The highest BCUT2D eigenvalue weighted by molar-refractivity contribution is 5.96. The number of ether oxygens (including phenoxy) is 1. The summed E-state index contributed by atoms with van der Waals surface area (Å²) in [7, 11) is 0. The van der Waals surface area contributed by atoms with Gasteiger partial charge in [0.25, 0.3) is 5.91 Å². The molecular weight excluding hydrogens is 314 g/mol. The minimum atomic E-state index is -0.254. The average molecular weight is 333 g/mol. The van der Waals surface area contributed by atoms with E-state index < -0.39 is 0 Å². The first kappa shape index (κ1) is 16.7. The van der Waals surface area contributed by atoms with Crippen LogP contribution in [0, 0.1) is 0 Å². The molecule has 0 aliphatic rings. The largest absolute Gasteiger partial charge is 0.483 e. The van der Waals surface area contributed by atoms with Gasteiger partial charge in [-0.1, -0.05) is 66.7 Å². The summed E-state index contributed by atoms with van der Waals surface area (Å²) in [5, 5.41) is 12.2. The van der Waals surface area contributed by atoms with Crippen molar-refractivity contribution < 1.29 is 14.6 Å².